The number of benzene rings is 3. The predicted octanol–water partition coefficient (Wildman–Crippen LogP) is 6.24. The number of hydrogen-bond donors (Lipinski definition) is 1. The van der Waals surface area contributed by atoms with Crippen molar-refractivity contribution in [2.24, 2.45) is 0 Å². The molecule has 2 aliphatic heterocycles. The fourth-order valence-electron chi connectivity index (χ4n) is 5.50. The number of allylic oxidation sites excluding steroid dienone is 1. The van der Waals surface area contributed by atoms with Crippen molar-refractivity contribution in [3.05, 3.63) is 123 Å². The molecule has 5 rings (SSSR count). The van der Waals surface area contributed by atoms with Gasteiger partial charge in [-0.2, -0.15) is 0 Å². The van der Waals surface area contributed by atoms with E-state index >= 15 is 0 Å². The molecule has 240 valence electrons. The van der Waals surface area contributed by atoms with E-state index in [1.54, 1.807) is 24.3 Å². The van der Waals surface area contributed by atoms with Gasteiger partial charge in [-0.25, -0.2) is 0 Å². The van der Waals surface area contributed by atoms with Gasteiger partial charge in [0.2, 0.25) is 0 Å². The molecule has 45 heavy (non-hydrogen) atoms. The Kier molecular flexibility index (Phi) is 12.1. The predicted molar refractivity (Wildman–Crippen MR) is 162 cm³/mol. The van der Waals surface area contributed by atoms with Crippen LogP contribution in [0.3, 0.4) is 0 Å². The van der Waals surface area contributed by atoms with E-state index in [-0.39, 0.29) is 16.8 Å². The molecule has 3 aromatic carbocycles. The smallest absolute Gasteiger partial charge is 0.124 e. The van der Waals surface area contributed by atoms with E-state index in [9.17, 15) is 28.1 Å². The third-order valence-corrected chi connectivity index (χ3v) is 9.67. The van der Waals surface area contributed by atoms with Crippen molar-refractivity contribution < 1.29 is 47.9 Å². The summed E-state index contributed by atoms with van der Waals surface area (Å²) in [5.74, 6) is 0. The Labute approximate surface area is 277 Å². The molecule has 8 nitrogen and oxygen atoms in total. The SMILES string of the molecule is CC1=C(CN2CCC(N(C)Cc3ccc([N+](=O)[O-])cc3)CC2)N([At])C(c2ccc(C(F)(F)F)cc2)N1.O=CCc1ccccc1. The van der Waals surface area contributed by atoms with Crippen LogP contribution < -0.4 is 5.32 Å². The molecule has 1 unspecified atom stereocenters. The number of halogens is 3. The Morgan fingerprint density at radius 2 is 1.62 bits per heavy atom. The standard InChI is InChI=1S/C25H29AtF3N5O2.C8H8O/c1-17-23(33(26)24(30-17)19-5-7-20(8-6-19)25(27,28)29)16-32-13-11-21(12-14-32)31(2)15-18-3-9-22(10-4-18)34(35)36;9-7-6-8-4-2-1-3-5-8/h3-10,21,24,30H,11-16H2,1-2H3;1-5,7H,6H2. The minimum Gasteiger partial charge on any atom is -0.303 e. The minimum absolute atomic E-state index is 0.104. The van der Waals surface area contributed by atoms with Crippen LogP contribution in [0.4, 0.5) is 18.9 Å². The van der Waals surface area contributed by atoms with Crippen LogP contribution >= 0.6 is 0 Å². The quantitative estimate of drug-likeness (QED) is 0.156. The first-order valence-electron chi connectivity index (χ1n) is 14.7. The van der Waals surface area contributed by atoms with Gasteiger partial charge in [-0.3, -0.25) is 10.1 Å². The van der Waals surface area contributed by atoms with Crippen LogP contribution in [0.2, 0.25) is 0 Å². The van der Waals surface area contributed by atoms with Crippen molar-refractivity contribution in [3.8, 4) is 0 Å². The van der Waals surface area contributed by atoms with Crippen molar-refractivity contribution in [1.29, 1.82) is 0 Å². The van der Waals surface area contributed by atoms with Gasteiger partial charge in [-0.1, -0.05) is 30.3 Å². The summed E-state index contributed by atoms with van der Waals surface area (Å²) in [4.78, 5) is 25.2. The van der Waals surface area contributed by atoms with E-state index in [1.807, 2.05) is 49.4 Å². The molecule has 1 fully saturated rings. The summed E-state index contributed by atoms with van der Waals surface area (Å²) in [6.45, 7) is 5.48. The number of nitro groups is 1. The first-order valence-corrected chi connectivity index (χ1v) is 16.0. The molecular formula is C33H37AtF3N5O3. The fourth-order valence-corrected chi connectivity index (χ4v) is 6.82. The second-order valence-corrected chi connectivity index (χ2v) is 12.7. The number of carbonyl (C=O) groups is 1. The first kappa shape index (κ1) is 34.5. The van der Waals surface area contributed by atoms with Gasteiger partial charge in [-0.05, 0) is 5.56 Å². The second-order valence-electron chi connectivity index (χ2n) is 11.3. The second kappa shape index (κ2) is 15.8. The average Bonchev–Trinajstić information content (AvgIpc) is 3.30. The van der Waals surface area contributed by atoms with Gasteiger partial charge >= 0.3 is 204 Å². The minimum atomic E-state index is -4.33. The monoisotopic (exact) mass is 818 g/mol. The van der Waals surface area contributed by atoms with Gasteiger partial charge in [0, 0.05) is 6.42 Å². The largest absolute Gasteiger partial charge is 0.303 e. The molecule has 0 radical (unpaired) electrons. The molecule has 1 atom stereocenters. The molecule has 3 aromatic rings. The molecule has 0 amide bonds. The maximum atomic E-state index is 12.9. The molecule has 2 heterocycles. The number of alkyl halides is 3. The van der Waals surface area contributed by atoms with Gasteiger partial charge in [0.15, 0.2) is 0 Å². The Bertz CT molecular complexity index is 1450. The molecule has 1 saturated heterocycles. The van der Waals surface area contributed by atoms with Gasteiger partial charge in [0.25, 0.3) is 5.69 Å². The van der Waals surface area contributed by atoms with E-state index in [4.69, 9.17) is 0 Å². The maximum Gasteiger partial charge on any atom is 0.124 e. The summed E-state index contributed by atoms with van der Waals surface area (Å²) in [6.07, 6.45) is -1.00. The molecule has 2 aliphatic rings. The third kappa shape index (κ3) is 9.58. The molecule has 0 aromatic heterocycles. The number of rotatable bonds is 9. The molecule has 0 spiro atoms. The number of piperidine rings is 1. The number of nitrogens with zero attached hydrogens (tertiary/aromatic N) is 4. The van der Waals surface area contributed by atoms with Crippen LogP contribution in [-0.2, 0) is 23.9 Å². The van der Waals surface area contributed by atoms with E-state index < -0.39 is 11.7 Å². The van der Waals surface area contributed by atoms with Gasteiger partial charge in [-0.15, -0.1) is 0 Å². The molecule has 12 heteroatoms. The summed E-state index contributed by atoms with van der Waals surface area (Å²) >= 11 is 1.49. The Morgan fingerprint density at radius 3 is 2.18 bits per heavy atom. The van der Waals surface area contributed by atoms with Gasteiger partial charge < -0.3 is 4.79 Å². The number of nitro benzene ring substituents is 1. The average molecular weight is 819 g/mol. The summed E-state index contributed by atoms with van der Waals surface area (Å²) in [7, 11) is 2.10. The molecule has 1 N–H and O–H groups in total. The van der Waals surface area contributed by atoms with Crippen LogP contribution in [0.5, 0.6) is 0 Å². The Balaban J connectivity index is 0.000000440. The molecule has 0 saturated carbocycles. The van der Waals surface area contributed by atoms with Crippen molar-refractivity contribution >= 4 is 12.0 Å². The van der Waals surface area contributed by atoms with Crippen LogP contribution in [0.25, 0.3) is 0 Å². The van der Waals surface area contributed by atoms with Crippen LogP contribution in [-0.4, -0.2) is 56.6 Å². The molecule has 0 bridgehead atoms. The number of aldehydes is 1. The van der Waals surface area contributed by atoms with E-state index in [0.717, 1.165) is 79.8 Å². The van der Waals surface area contributed by atoms with Crippen LogP contribution in [0.15, 0.2) is 90.3 Å². The van der Waals surface area contributed by atoms with Gasteiger partial charge in [0.05, 0.1) is 4.92 Å². The third-order valence-electron chi connectivity index (χ3n) is 8.12. The number of nitrogens with one attached hydrogen (secondary N) is 1. The number of likely N-dealkylation sites (tertiary alicyclic amines) is 1. The first-order chi connectivity index (χ1) is 21.5. The van der Waals surface area contributed by atoms with Crippen molar-refractivity contribution in [2.45, 2.75) is 51.1 Å². The van der Waals surface area contributed by atoms with Crippen LogP contribution in [0.1, 0.15) is 48.2 Å². The zero-order valence-corrected chi connectivity index (χ0v) is 28.2. The summed E-state index contributed by atoms with van der Waals surface area (Å²) in [6, 6.07) is 22.2. The summed E-state index contributed by atoms with van der Waals surface area (Å²) in [5, 5.41) is 14.3. The number of hydrogen-bond acceptors (Lipinski definition) is 7. The molecular weight excluding hydrogens is 781 g/mol. The number of non-ortho nitro benzene ring substituents is 1. The van der Waals surface area contributed by atoms with E-state index in [2.05, 4.69) is 25.0 Å². The van der Waals surface area contributed by atoms with Crippen molar-refractivity contribution in [1.82, 2.24) is 18.0 Å². The normalized spacial score (nSPS) is 17.6. The van der Waals surface area contributed by atoms with E-state index in [1.165, 1.54) is 30.7 Å². The zero-order chi connectivity index (χ0) is 32.6. The summed E-state index contributed by atoms with van der Waals surface area (Å²) in [5.41, 5.74) is 4.64. The maximum absolute atomic E-state index is 12.9. The fraction of sp³-hybridized carbons (Fsp3) is 0.364. The van der Waals surface area contributed by atoms with Gasteiger partial charge in [0.1, 0.15) is 6.29 Å². The summed E-state index contributed by atoms with van der Waals surface area (Å²) < 4.78 is 40.9. The Morgan fingerprint density at radius 1 is 1.00 bits per heavy atom. The topological polar surface area (TPSA) is 82.0 Å². The zero-order valence-electron chi connectivity index (χ0n) is 25.2. The van der Waals surface area contributed by atoms with Crippen molar-refractivity contribution in [2.75, 3.05) is 26.7 Å². The molecule has 0 aliphatic carbocycles. The Hall–Kier alpha value is -3.34. The number of carbonyl (C=O) groups excluding carboxylic acids is 1. The van der Waals surface area contributed by atoms with Crippen molar-refractivity contribution in [3.63, 3.8) is 0 Å². The van der Waals surface area contributed by atoms with E-state index in [0.29, 0.717) is 12.5 Å². The van der Waals surface area contributed by atoms with Crippen LogP contribution in [0, 0.1) is 35.1 Å².